The van der Waals surface area contributed by atoms with Crippen LogP contribution in [0, 0.1) is 0 Å². The summed E-state index contributed by atoms with van der Waals surface area (Å²) in [6.07, 6.45) is 1.00. The van der Waals surface area contributed by atoms with Gasteiger partial charge in [-0.2, -0.15) is 0 Å². The standard InChI is InChI=1S/C22H35NO5/c1-14(25-5)13-27-20-9-15-7-8-23-12-21(28-22(2,3)4)18(24)11-17(23)16(15)10-19(20)26-6/h9-10,14,17-18,21,24H,7-8,11-13H2,1-6H3/t14-,17-,18-,21-/m1/s1. The van der Waals surface area contributed by atoms with E-state index >= 15 is 0 Å². The van der Waals surface area contributed by atoms with Crippen molar-refractivity contribution in [2.24, 2.45) is 0 Å². The lowest BCUT2D eigenvalue weighted by molar-refractivity contribution is -0.149. The summed E-state index contributed by atoms with van der Waals surface area (Å²) < 4.78 is 22.9. The Balaban J connectivity index is 1.80. The molecule has 0 spiro atoms. The maximum absolute atomic E-state index is 10.7. The second kappa shape index (κ2) is 8.57. The summed E-state index contributed by atoms with van der Waals surface area (Å²) in [5.41, 5.74) is 2.23. The predicted molar refractivity (Wildman–Crippen MR) is 108 cm³/mol. The van der Waals surface area contributed by atoms with E-state index in [1.165, 1.54) is 11.1 Å². The van der Waals surface area contributed by atoms with Gasteiger partial charge in [0.15, 0.2) is 11.5 Å². The number of aliphatic hydroxyl groups is 1. The first kappa shape index (κ1) is 21.4. The first-order valence-electron chi connectivity index (χ1n) is 10.2. The summed E-state index contributed by atoms with van der Waals surface area (Å²) in [7, 11) is 3.34. The highest BCUT2D eigenvalue weighted by molar-refractivity contribution is 5.49. The maximum atomic E-state index is 10.7. The minimum absolute atomic E-state index is 0.0180. The van der Waals surface area contributed by atoms with Crippen molar-refractivity contribution >= 4 is 0 Å². The minimum Gasteiger partial charge on any atom is -0.493 e. The van der Waals surface area contributed by atoms with E-state index in [-0.39, 0.29) is 23.9 Å². The number of methoxy groups -OCH3 is 2. The largest absolute Gasteiger partial charge is 0.493 e. The molecule has 1 N–H and O–H groups in total. The number of piperidine rings is 1. The molecule has 158 valence electrons. The summed E-state index contributed by atoms with van der Waals surface area (Å²) >= 11 is 0. The summed E-state index contributed by atoms with van der Waals surface area (Å²) in [5.74, 6) is 1.48. The van der Waals surface area contributed by atoms with Crippen molar-refractivity contribution < 1.29 is 24.1 Å². The number of hydrogen-bond acceptors (Lipinski definition) is 6. The molecule has 2 heterocycles. The Morgan fingerprint density at radius 2 is 1.96 bits per heavy atom. The fourth-order valence-electron chi connectivity index (χ4n) is 4.11. The van der Waals surface area contributed by atoms with E-state index in [1.54, 1.807) is 14.2 Å². The van der Waals surface area contributed by atoms with Crippen molar-refractivity contribution in [3.8, 4) is 11.5 Å². The molecule has 0 bridgehead atoms. The number of hydrogen-bond donors (Lipinski definition) is 1. The molecule has 1 saturated heterocycles. The molecule has 0 saturated carbocycles. The van der Waals surface area contributed by atoms with Crippen LogP contribution in [0.25, 0.3) is 0 Å². The highest BCUT2D eigenvalue weighted by Crippen LogP contribution is 2.42. The Morgan fingerprint density at radius 3 is 2.61 bits per heavy atom. The molecule has 2 aliphatic heterocycles. The second-order valence-corrected chi connectivity index (χ2v) is 8.89. The van der Waals surface area contributed by atoms with Crippen molar-refractivity contribution in [3.05, 3.63) is 23.3 Å². The number of fused-ring (bicyclic) bond motifs is 3. The zero-order valence-corrected chi connectivity index (χ0v) is 18.0. The van der Waals surface area contributed by atoms with E-state index < -0.39 is 6.10 Å². The molecule has 1 fully saturated rings. The van der Waals surface area contributed by atoms with Crippen LogP contribution in [0.3, 0.4) is 0 Å². The number of nitrogens with zero attached hydrogens (tertiary/aromatic N) is 1. The van der Waals surface area contributed by atoms with Gasteiger partial charge in [0, 0.05) is 26.2 Å². The average Bonchev–Trinajstić information content (AvgIpc) is 2.64. The zero-order chi connectivity index (χ0) is 20.5. The van der Waals surface area contributed by atoms with Gasteiger partial charge in [-0.15, -0.1) is 0 Å². The fraction of sp³-hybridized carbons (Fsp3) is 0.727. The van der Waals surface area contributed by atoms with Crippen LogP contribution >= 0.6 is 0 Å². The number of rotatable bonds is 6. The molecular weight excluding hydrogens is 358 g/mol. The Kier molecular flexibility index (Phi) is 6.54. The summed E-state index contributed by atoms with van der Waals surface area (Å²) in [6.45, 7) is 10.3. The van der Waals surface area contributed by atoms with Gasteiger partial charge in [0.25, 0.3) is 0 Å². The Bertz CT molecular complexity index is 672. The van der Waals surface area contributed by atoms with Crippen LogP contribution in [0.4, 0.5) is 0 Å². The molecule has 2 aliphatic rings. The molecule has 4 atom stereocenters. The van der Waals surface area contributed by atoms with Crippen LogP contribution in [0.2, 0.25) is 0 Å². The third-order valence-corrected chi connectivity index (χ3v) is 5.58. The smallest absolute Gasteiger partial charge is 0.161 e. The van der Waals surface area contributed by atoms with E-state index in [2.05, 4.69) is 17.0 Å². The van der Waals surface area contributed by atoms with Crippen molar-refractivity contribution in [1.82, 2.24) is 4.90 Å². The van der Waals surface area contributed by atoms with Crippen LogP contribution in [0.1, 0.15) is 51.3 Å². The zero-order valence-electron chi connectivity index (χ0n) is 18.0. The lowest BCUT2D eigenvalue weighted by Gasteiger charge is -2.46. The molecule has 0 amide bonds. The monoisotopic (exact) mass is 393 g/mol. The third kappa shape index (κ3) is 4.79. The molecule has 0 aliphatic carbocycles. The topological polar surface area (TPSA) is 60.4 Å². The van der Waals surface area contributed by atoms with Crippen LogP contribution in [0.5, 0.6) is 11.5 Å². The lowest BCUT2D eigenvalue weighted by atomic mass is 9.84. The molecule has 6 nitrogen and oxygen atoms in total. The van der Waals surface area contributed by atoms with Gasteiger partial charge in [-0.05, 0) is 63.8 Å². The molecule has 1 aromatic rings. The Morgan fingerprint density at radius 1 is 1.21 bits per heavy atom. The SMILES string of the molecule is COc1cc2c(cc1OC[C@@H](C)OC)CCN1C[C@@H](OC(C)(C)C)[C@H](O)C[C@H]21. The summed E-state index contributed by atoms with van der Waals surface area (Å²) in [6, 6.07) is 4.36. The van der Waals surface area contributed by atoms with Gasteiger partial charge >= 0.3 is 0 Å². The molecule has 0 aromatic heterocycles. The van der Waals surface area contributed by atoms with Gasteiger partial charge in [0.05, 0.1) is 31.0 Å². The molecule has 0 radical (unpaired) electrons. The van der Waals surface area contributed by atoms with Crippen molar-refractivity contribution in [2.75, 3.05) is 33.9 Å². The van der Waals surface area contributed by atoms with E-state index in [4.69, 9.17) is 18.9 Å². The molecule has 0 unspecified atom stereocenters. The number of aliphatic hydroxyl groups excluding tert-OH is 1. The van der Waals surface area contributed by atoms with Gasteiger partial charge in [-0.3, -0.25) is 4.90 Å². The number of ether oxygens (including phenoxy) is 4. The van der Waals surface area contributed by atoms with Gasteiger partial charge in [-0.25, -0.2) is 0 Å². The molecule has 28 heavy (non-hydrogen) atoms. The van der Waals surface area contributed by atoms with Crippen molar-refractivity contribution in [2.45, 2.75) is 70.5 Å². The molecular formula is C22H35NO5. The highest BCUT2D eigenvalue weighted by Gasteiger charge is 2.40. The van der Waals surface area contributed by atoms with Gasteiger partial charge in [0.2, 0.25) is 0 Å². The van der Waals surface area contributed by atoms with Gasteiger partial charge < -0.3 is 24.1 Å². The van der Waals surface area contributed by atoms with Crippen LogP contribution in [-0.4, -0.2) is 67.8 Å². The van der Waals surface area contributed by atoms with Crippen LogP contribution in [-0.2, 0) is 15.9 Å². The van der Waals surface area contributed by atoms with E-state index in [9.17, 15) is 5.11 Å². The Labute approximate surface area is 168 Å². The number of benzene rings is 1. The molecule has 3 rings (SSSR count). The average molecular weight is 394 g/mol. The van der Waals surface area contributed by atoms with Gasteiger partial charge in [-0.1, -0.05) is 0 Å². The van der Waals surface area contributed by atoms with Crippen molar-refractivity contribution in [3.63, 3.8) is 0 Å². The van der Waals surface area contributed by atoms with Crippen molar-refractivity contribution in [1.29, 1.82) is 0 Å². The molecule has 1 aromatic carbocycles. The first-order valence-corrected chi connectivity index (χ1v) is 10.2. The minimum atomic E-state index is -0.476. The normalized spacial score (nSPS) is 26.3. The van der Waals surface area contributed by atoms with Crippen LogP contribution in [0.15, 0.2) is 12.1 Å². The van der Waals surface area contributed by atoms with Gasteiger partial charge in [0.1, 0.15) is 6.61 Å². The predicted octanol–water partition coefficient (Wildman–Crippen LogP) is 2.96. The van der Waals surface area contributed by atoms with E-state index in [1.807, 2.05) is 27.7 Å². The quantitative estimate of drug-likeness (QED) is 0.802. The maximum Gasteiger partial charge on any atom is 0.161 e. The van der Waals surface area contributed by atoms with Crippen LogP contribution < -0.4 is 9.47 Å². The van der Waals surface area contributed by atoms with E-state index in [0.29, 0.717) is 13.0 Å². The second-order valence-electron chi connectivity index (χ2n) is 8.89. The Hall–Kier alpha value is -1.34. The lowest BCUT2D eigenvalue weighted by Crippen LogP contribution is -2.53. The third-order valence-electron chi connectivity index (χ3n) is 5.58. The summed E-state index contributed by atoms with van der Waals surface area (Å²) in [5, 5.41) is 10.7. The fourth-order valence-corrected chi connectivity index (χ4v) is 4.11. The first-order chi connectivity index (χ1) is 13.2. The summed E-state index contributed by atoms with van der Waals surface area (Å²) in [4.78, 5) is 2.43. The molecule has 6 heteroatoms. The van der Waals surface area contributed by atoms with E-state index in [0.717, 1.165) is 31.0 Å². The highest BCUT2D eigenvalue weighted by atomic mass is 16.5.